The lowest BCUT2D eigenvalue weighted by Gasteiger charge is -2.35. The first kappa shape index (κ1) is 63.6. The van der Waals surface area contributed by atoms with E-state index in [1.165, 1.54) is 30.6 Å². The zero-order valence-electron chi connectivity index (χ0n) is 49.8. The maximum absolute atomic E-state index is 13.0. The third kappa shape index (κ3) is 19.3. The fourth-order valence-corrected chi connectivity index (χ4v) is 10.1. The largest absolute Gasteiger partial charge is 0.493 e. The number of anilines is 4. The summed E-state index contributed by atoms with van der Waals surface area (Å²) in [4.78, 5) is 56.9. The molecule has 0 radical (unpaired) electrons. The summed E-state index contributed by atoms with van der Waals surface area (Å²) in [5, 5.41) is 20.1. The predicted octanol–water partition coefficient (Wildman–Crippen LogP) is 12.6. The Morgan fingerprint density at radius 2 is 1.29 bits per heavy atom. The molecule has 21 heteroatoms. The van der Waals surface area contributed by atoms with Crippen molar-refractivity contribution in [1.82, 2.24) is 31.0 Å². The Hall–Kier alpha value is -7.95. The van der Waals surface area contributed by atoms with Crippen LogP contribution in [0, 0.1) is 5.92 Å². The number of rotatable bonds is 23. The number of amides is 6. The molecule has 0 spiro atoms. The van der Waals surface area contributed by atoms with Gasteiger partial charge in [-0.2, -0.15) is 0 Å². The monoisotopic (exact) mass is 1170 g/mol. The number of carbonyl (C=O) groups is 4. The number of piperidine rings is 2. The van der Waals surface area contributed by atoms with Gasteiger partial charge in [-0.05, 0) is 156 Å². The van der Waals surface area contributed by atoms with Crippen LogP contribution >= 0.6 is 11.3 Å². The van der Waals surface area contributed by atoms with Gasteiger partial charge in [0, 0.05) is 79.1 Å². The third-order valence-corrected chi connectivity index (χ3v) is 14.8. The summed E-state index contributed by atoms with van der Waals surface area (Å²) in [6.07, 6.45) is 7.82. The molecule has 6 amide bonds. The van der Waals surface area contributed by atoms with Gasteiger partial charge in [0.15, 0.2) is 28.1 Å². The van der Waals surface area contributed by atoms with Crippen molar-refractivity contribution in [2.75, 3.05) is 75.8 Å². The zero-order valence-corrected chi connectivity index (χ0v) is 50.7. The predicted molar refractivity (Wildman–Crippen MR) is 331 cm³/mol. The number of aromatic nitrogens is 1. The average molecular weight is 1170 g/mol. The van der Waals surface area contributed by atoms with Gasteiger partial charge in [-0.3, -0.25) is 25.2 Å². The van der Waals surface area contributed by atoms with Crippen LogP contribution in [0.25, 0.3) is 0 Å². The summed E-state index contributed by atoms with van der Waals surface area (Å²) < 4.78 is 35.6. The van der Waals surface area contributed by atoms with Gasteiger partial charge in [0.1, 0.15) is 17.6 Å². The first-order valence-electron chi connectivity index (χ1n) is 28.7. The van der Waals surface area contributed by atoms with E-state index in [0.29, 0.717) is 79.1 Å². The lowest BCUT2D eigenvalue weighted by molar-refractivity contribution is -0.0499. The second kappa shape index (κ2) is 31.6. The topological polar surface area (TPSA) is 227 Å². The Morgan fingerprint density at radius 3 is 1.89 bits per heavy atom. The van der Waals surface area contributed by atoms with Crippen molar-refractivity contribution < 1.29 is 47.6 Å². The Kier molecular flexibility index (Phi) is 24.0. The van der Waals surface area contributed by atoms with Crippen LogP contribution in [0.4, 0.5) is 31.8 Å². The number of likely N-dealkylation sites (tertiary alicyclic amines) is 1. The maximum atomic E-state index is 13.0. The summed E-state index contributed by atoms with van der Waals surface area (Å²) in [7, 11) is 6.49. The number of carbonyl (C=O) groups excluding carboxylic acids is 4. The highest BCUT2D eigenvalue weighted by molar-refractivity contribution is 7.17. The number of urea groups is 2. The van der Waals surface area contributed by atoms with Crippen LogP contribution in [0.3, 0.4) is 0 Å². The van der Waals surface area contributed by atoms with Gasteiger partial charge in [-0.25, -0.2) is 19.6 Å². The summed E-state index contributed by atoms with van der Waals surface area (Å²) in [5.74, 6) is 2.90. The summed E-state index contributed by atoms with van der Waals surface area (Å²) >= 11 is 1.20. The lowest BCUT2D eigenvalue weighted by atomic mass is 9.97. The molecule has 1 aromatic heterocycles. The molecule has 8 rings (SSSR count). The molecular weight excluding hydrogens is 1090 g/mol. The van der Waals surface area contributed by atoms with Crippen LogP contribution < -0.4 is 61.0 Å². The summed E-state index contributed by atoms with van der Waals surface area (Å²) in [6, 6.07) is 32.1. The van der Waals surface area contributed by atoms with Gasteiger partial charge in [0.2, 0.25) is 5.06 Å². The highest BCUT2D eigenvalue weighted by atomic mass is 32.1. The van der Waals surface area contributed by atoms with E-state index >= 15 is 0 Å². The molecule has 3 heterocycles. The molecule has 2 fully saturated rings. The molecule has 5 aromatic carbocycles. The normalized spacial score (nSPS) is 14.9. The molecule has 2 unspecified atom stereocenters. The first-order chi connectivity index (χ1) is 40.5. The van der Waals surface area contributed by atoms with E-state index in [9.17, 15) is 19.2 Å². The van der Waals surface area contributed by atoms with Gasteiger partial charge in [0.05, 0.1) is 32.6 Å². The standard InChI is InChI=1S/C32H43N5O5S.C31H39N5O5/c1-6-23(7-2)35-31(39)36-24-12-13-26(27(18-24)40-5)42-28-19-34-32(43-28)37-30(38)22-10-8-21(9-11-22)29(20(3)4)41-25-14-16-33-17-15-25;1-21(2)36-17-7-10-27(20-36)40-25-14-11-22(12-15-25)30(37)32-23-8-6-9-26(18-23)41-28-16-13-24(19-29(28)39-5)33-31(38)34-35(3)4/h8-13,18-20,23,25,29,33H,6-7,14-17H2,1-5H3,(H,34,37,38)(H2,35,36,39);6,8-9,11-16,18-19,21,27H,7,10,17,20H2,1-5H3,(H,32,37)(H2,33,34,38). The van der Waals surface area contributed by atoms with Crippen LogP contribution in [-0.2, 0) is 4.74 Å². The van der Waals surface area contributed by atoms with Crippen LogP contribution in [0.15, 0.2) is 115 Å². The van der Waals surface area contributed by atoms with Crippen molar-refractivity contribution in [3.63, 3.8) is 0 Å². The van der Waals surface area contributed by atoms with Crippen molar-refractivity contribution in [2.24, 2.45) is 5.92 Å². The highest BCUT2D eigenvalue weighted by Crippen LogP contribution is 2.38. The van der Waals surface area contributed by atoms with E-state index in [-0.39, 0.29) is 48.2 Å². The minimum absolute atomic E-state index is 0.0210. The molecule has 20 nitrogen and oxygen atoms in total. The average Bonchev–Trinajstić information content (AvgIpc) is 3.96. The number of methoxy groups -OCH3 is 2. The van der Waals surface area contributed by atoms with Crippen molar-refractivity contribution in [3.8, 4) is 39.6 Å². The summed E-state index contributed by atoms with van der Waals surface area (Å²) in [6.45, 7) is 16.8. The molecule has 2 aliphatic rings. The van der Waals surface area contributed by atoms with Crippen LogP contribution in [0.1, 0.15) is 112 Å². The number of nitrogens with zero attached hydrogens (tertiary/aromatic N) is 3. The molecule has 7 N–H and O–H groups in total. The van der Waals surface area contributed by atoms with Crippen LogP contribution in [0.5, 0.6) is 39.6 Å². The number of nitrogens with one attached hydrogen (secondary N) is 7. The number of hydrogen-bond acceptors (Lipinski definition) is 15. The third-order valence-electron chi connectivity index (χ3n) is 14.0. The Bertz CT molecular complexity index is 3080. The van der Waals surface area contributed by atoms with Gasteiger partial charge in [0.25, 0.3) is 11.8 Å². The van der Waals surface area contributed by atoms with Gasteiger partial charge in [-0.1, -0.05) is 57.2 Å². The minimum atomic E-state index is -0.376. The number of hydrazine groups is 1. The molecule has 2 atom stereocenters. The fraction of sp³-hybridized carbons (Fsp3) is 0.413. The maximum Gasteiger partial charge on any atom is 0.333 e. The molecular formula is C63H82N10O10S. The van der Waals surface area contributed by atoms with E-state index in [1.807, 2.05) is 50.2 Å². The van der Waals surface area contributed by atoms with E-state index in [0.717, 1.165) is 76.0 Å². The fourth-order valence-electron chi connectivity index (χ4n) is 9.47. The van der Waals surface area contributed by atoms with Crippen molar-refractivity contribution in [3.05, 3.63) is 132 Å². The van der Waals surface area contributed by atoms with Crippen LogP contribution in [0.2, 0.25) is 0 Å². The molecule has 0 bridgehead atoms. The zero-order chi connectivity index (χ0) is 60.1. The highest BCUT2D eigenvalue weighted by Gasteiger charge is 2.25. The second-order valence-corrected chi connectivity index (χ2v) is 22.3. The molecule has 6 aromatic rings. The molecule has 2 saturated heterocycles. The molecule has 0 aliphatic carbocycles. The minimum Gasteiger partial charge on any atom is -0.493 e. The molecule has 450 valence electrons. The smallest absolute Gasteiger partial charge is 0.333 e. The van der Waals surface area contributed by atoms with Crippen molar-refractivity contribution in [2.45, 2.75) is 110 Å². The number of thiazole rings is 1. The van der Waals surface area contributed by atoms with Crippen molar-refractivity contribution >= 4 is 57.4 Å². The molecule has 2 aliphatic heterocycles. The van der Waals surface area contributed by atoms with E-state index in [2.05, 4.69) is 74.9 Å². The van der Waals surface area contributed by atoms with E-state index in [4.69, 9.17) is 28.4 Å². The van der Waals surface area contributed by atoms with E-state index < -0.39 is 0 Å². The number of hydrogen-bond donors (Lipinski definition) is 7. The molecule has 84 heavy (non-hydrogen) atoms. The number of ether oxygens (including phenoxy) is 6. The van der Waals surface area contributed by atoms with Crippen LogP contribution in [-0.4, -0.2) is 118 Å². The second-order valence-electron chi connectivity index (χ2n) is 21.3. The Labute approximate surface area is 497 Å². The Balaban J connectivity index is 0.000000241. The molecule has 0 saturated carbocycles. The first-order valence-corrected chi connectivity index (χ1v) is 29.5. The van der Waals surface area contributed by atoms with Gasteiger partial charge in [-0.15, -0.1) is 0 Å². The number of benzene rings is 5. The lowest BCUT2D eigenvalue weighted by Crippen LogP contribution is -2.44. The SMILES string of the molecule is CCC(CC)NC(=O)Nc1ccc(Oc2cnc(NC(=O)c3ccc(C(OC4CCNCC4)C(C)C)cc3)s2)c(OC)c1.COc1cc(NC(=O)NN(C)C)ccc1Oc1cccc(NC(=O)c2ccc(OC3CCCN(C(C)C)C3)cc2)c1. The van der Waals surface area contributed by atoms with Gasteiger partial charge >= 0.3 is 12.1 Å². The van der Waals surface area contributed by atoms with Crippen molar-refractivity contribution in [1.29, 1.82) is 0 Å². The van der Waals surface area contributed by atoms with Gasteiger partial charge < -0.3 is 55.0 Å². The Morgan fingerprint density at radius 1 is 0.679 bits per heavy atom. The van der Waals surface area contributed by atoms with E-state index in [1.54, 1.807) is 93.1 Å². The summed E-state index contributed by atoms with van der Waals surface area (Å²) in [5.41, 5.74) is 6.44. The quantitative estimate of drug-likeness (QED) is 0.0296.